The lowest BCUT2D eigenvalue weighted by Crippen LogP contribution is -2.27. The second-order valence-electron chi connectivity index (χ2n) is 5.62. The minimum absolute atomic E-state index is 0.0877. The Balaban J connectivity index is 1.56. The lowest BCUT2D eigenvalue weighted by Gasteiger charge is -2.14. The van der Waals surface area contributed by atoms with Crippen molar-refractivity contribution in [2.24, 2.45) is 0 Å². The smallest absolute Gasteiger partial charge is 0.497 e. The van der Waals surface area contributed by atoms with E-state index in [4.69, 9.17) is 9.47 Å². The maximum Gasteiger partial charge on any atom is 0.586 e. The number of nitrogens with one attached hydrogen (secondary N) is 1. The first-order valence-electron chi connectivity index (χ1n) is 7.81. The number of methoxy groups -OCH3 is 1. The summed E-state index contributed by atoms with van der Waals surface area (Å²) in [5.74, 6) is 0.0481. The van der Waals surface area contributed by atoms with E-state index in [1.165, 1.54) is 18.2 Å². The van der Waals surface area contributed by atoms with Gasteiger partial charge in [0.25, 0.3) is 5.91 Å². The number of hydrogen-bond donors (Lipinski definition) is 1. The van der Waals surface area contributed by atoms with E-state index in [0.29, 0.717) is 11.4 Å². The van der Waals surface area contributed by atoms with E-state index in [0.717, 1.165) is 5.56 Å². The van der Waals surface area contributed by atoms with Crippen LogP contribution in [0.2, 0.25) is 0 Å². The lowest BCUT2D eigenvalue weighted by atomic mass is 10.2. The number of hydrogen-bond acceptors (Lipinski definition) is 5. The highest BCUT2D eigenvalue weighted by atomic mass is 19.3. The van der Waals surface area contributed by atoms with Crippen LogP contribution in [0.1, 0.15) is 12.5 Å². The number of anilines is 1. The molecule has 0 radical (unpaired) electrons. The molecular formula is C18H17F2NO5. The van der Waals surface area contributed by atoms with Gasteiger partial charge in [0, 0.05) is 11.8 Å². The molecule has 0 fully saturated rings. The average Bonchev–Trinajstić information content (AvgIpc) is 2.92. The van der Waals surface area contributed by atoms with E-state index in [-0.39, 0.29) is 18.1 Å². The summed E-state index contributed by atoms with van der Waals surface area (Å²) in [5, 5.41) is 2.59. The molecule has 1 heterocycles. The Morgan fingerprint density at radius 2 is 1.96 bits per heavy atom. The fourth-order valence-electron chi connectivity index (χ4n) is 2.33. The van der Waals surface area contributed by atoms with Gasteiger partial charge in [-0.3, -0.25) is 4.79 Å². The normalized spacial score (nSPS) is 15.4. The average molecular weight is 365 g/mol. The number of amides is 1. The number of alkyl halides is 2. The highest BCUT2D eigenvalue weighted by Gasteiger charge is 2.43. The van der Waals surface area contributed by atoms with Crippen LogP contribution in [0, 0.1) is 0 Å². The standard InChI is InChI=1S/C18H17F2NO5/c1-11(24-10-12-4-3-5-14(8-12)23-2)17(22)21-13-6-7-15-16(9-13)26-18(19,20)25-15/h3-9,11H,10H2,1-2H3,(H,21,22). The fourth-order valence-corrected chi connectivity index (χ4v) is 2.33. The molecule has 138 valence electrons. The van der Waals surface area contributed by atoms with Crippen molar-refractivity contribution in [1.82, 2.24) is 0 Å². The first-order valence-corrected chi connectivity index (χ1v) is 7.81. The molecule has 0 saturated carbocycles. The summed E-state index contributed by atoms with van der Waals surface area (Å²) >= 11 is 0. The first-order chi connectivity index (χ1) is 12.4. The van der Waals surface area contributed by atoms with Gasteiger partial charge < -0.3 is 24.3 Å². The number of ether oxygens (including phenoxy) is 4. The Kier molecular flexibility index (Phi) is 4.94. The zero-order valence-electron chi connectivity index (χ0n) is 14.1. The third-order valence-corrected chi connectivity index (χ3v) is 3.67. The van der Waals surface area contributed by atoms with Crippen LogP contribution in [0.5, 0.6) is 17.2 Å². The van der Waals surface area contributed by atoms with Gasteiger partial charge in [0.1, 0.15) is 11.9 Å². The van der Waals surface area contributed by atoms with Crippen LogP contribution in [0.15, 0.2) is 42.5 Å². The van der Waals surface area contributed by atoms with Crippen LogP contribution in [-0.2, 0) is 16.1 Å². The Hall–Kier alpha value is -2.87. The molecule has 0 aromatic heterocycles. The van der Waals surface area contributed by atoms with Gasteiger partial charge in [0.15, 0.2) is 11.5 Å². The Bertz CT molecular complexity index is 812. The van der Waals surface area contributed by atoms with E-state index in [1.807, 2.05) is 24.3 Å². The van der Waals surface area contributed by atoms with Crippen molar-refractivity contribution in [3.05, 3.63) is 48.0 Å². The number of rotatable bonds is 6. The van der Waals surface area contributed by atoms with Crippen LogP contribution < -0.4 is 19.5 Å². The van der Waals surface area contributed by atoms with Gasteiger partial charge in [-0.15, -0.1) is 8.78 Å². The lowest BCUT2D eigenvalue weighted by molar-refractivity contribution is -0.286. The van der Waals surface area contributed by atoms with Crippen molar-refractivity contribution in [3.8, 4) is 17.2 Å². The van der Waals surface area contributed by atoms with Crippen molar-refractivity contribution in [1.29, 1.82) is 0 Å². The van der Waals surface area contributed by atoms with E-state index in [1.54, 1.807) is 14.0 Å². The molecule has 1 N–H and O–H groups in total. The minimum Gasteiger partial charge on any atom is -0.497 e. The van der Waals surface area contributed by atoms with Crippen LogP contribution in [0.4, 0.5) is 14.5 Å². The van der Waals surface area contributed by atoms with Crippen molar-refractivity contribution >= 4 is 11.6 Å². The monoisotopic (exact) mass is 365 g/mol. The van der Waals surface area contributed by atoms with Gasteiger partial charge in [-0.25, -0.2) is 0 Å². The quantitative estimate of drug-likeness (QED) is 0.848. The fraction of sp³-hybridized carbons (Fsp3) is 0.278. The minimum atomic E-state index is -3.70. The molecule has 1 aliphatic rings. The predicted molar refractivity (Wildman–Crippen MR) is 88.5 cm³/mol. The Labute approximate surface area is 148 Å². The molecule has 0 saturated heterocycles. The molecule has 2 aromatic carbocycles. The summed E-state index contributed by atoms with van der Waals surface area (Å²) < 4.78 is 45.4. The Morgan fingerprint density at radius 1 is 1.19 bits per heavy atom. The topological polar surface area (TPSA) is 66.0 Å². The molecule has 2 aromatic rings. The first kappa shape index (κ1) is 17.9. The van der Waals surface area contributed by atoms with Crippen LogP contribution in [0.3, 0.4) is 0 Å². The summed E-state index contributed by atoms with van der Waals surface area (Å²) in [6.07, 6.45) is -4.45. The number of carbonyl (C=O) groups is 1. The summed E-state index contributed by atoms with van der Waals surface area (Å²) in [6, 6.07) is 11.3. The van der Waals surface area contributed by atoms with Crippen LogP contribution in [-0.4, -0.2) is 25.4 Å². The highest BCUT2D eigenvalue weighted by molar-refractivity contribution is 5.94. The molecule has 8 heteroatoms. The number of benzene rings is 2. The molecular weight excluding hydrogens is 348 g/mol. The van der Waals surface area contributed by atoms with Crippen molar-refractivity contribution in [2.75, 3.05) is 12.4 Å². The van der Waals surface area contributed by atoms with Crippen LogP contribution >= 0.6 is 0 Å². The molecule has 0 aliphatic carbocycles. The Morgan fingerprint density at radius 3 is 2.73 bits per heavy atom. The van der Waals surface area contributed by atoms with Crippen molar-refractivity contribution in [2.45, 2.75) is 25.9 Å². The second kappa shape index (κ2) is 7.17. The van der Waals surface area contributed by atoms with Gasteiger partial charge in [0.05, 0.1) is 13.7 Å². The third kappa shape index (κ3) is 4.20. The molecule has 0 spiro atoms. The van der Waals surface area contributed by atoms with Crippen LogP contribution in [0.25, 0.3) is 0 Å². The molecule has 1 unspecified atom stereocenters. The van der Waals surface area contributed by atoms with Gasteiger partial charge in [-0.2, -0.15) is 0 Å². The van der Waals surface area contributed by atoms with Gasteiger partial charge in [-0.05, 0) is 36.8 Å². The predicted octanol–water partition coefficient (Wildman–Crippen LogP) is 3.56. The van der Waals surface area contributed by atoms with Crippen molar-refractivity contribution in [3.63, 3.8) is 0 Å². The molecule has 1 atom stereocenters. The maximum atomic E-state index is 13.0. The third-order valence-electron chi connectivity index (χ3n) is 3.67. The largest absolute Gasteiger partial charge is 0.586 e. The van der Waals surface area contributed by atoms with Gasteiger partial charge in [-0.1, -0.05) is 12.1 Å². The molecule has 1 aliphatic heterocycles. The zero-order valence-corrected chi connectivity index (χ0v) is 14.1. The van der Waals surface area contributed by atoms with Gasteiger partial charge in [0.2, 0.25) is 0 Å². The van der Waals surface area contributed by atoms with E-state index in [2.05, 4.69) is 14.8 Å². The summed E-state index contributed by atoms with van der Waals surface area (Å²) in [5.41, 5.74) is 1.15. The second-order valence-corrected chi connectivity index (χ2v) is 5.62. The SMILES string of the molecule is COc1cccc(COC(C)C(=O)Nc2ccc3c(c2)OC(F)(F)O3)c1. The number of halogens is 2. The summed E-state index contributed by atoms with van der Waals surface area (Å²) in [7, 11) is 1.57. The molecule has 6 nitrogen and oxygen atoms in total. The zero-order chi connectivity index (χ0) is 18.7. The van der Waals surface area contributed by atoms with E-state index < -0.39 is 18.3 Å². The molecule has 3 rings (SSSR count). The molecule has 0 bridgehead atoms. The summed E-state index contributed by atoms with van der Waals surface area (Å²) in [6.45, 7) is 1.82. The highest BCUT2D eigenvalue weighted by Crippen LogP contribution is 2.42. The number of fused-ring (bicyclic) bond motifs is 1. The van der Waals surface area contributed by atoms with E-state index in [9.17, 15) is 13.6 Å². The number of carbonyl (C=O) groups excluding carboxylic acids is 1. The summed E-state index contributed by atoms with van der Waals surface area (Å²) in [4.78, 5) is 12.2. The van der Waals surface area contributed by atoms with Gasteiger partial charge >= 0.3 is 6.29 Å². The van der Waals surface area contributed by atoms with Crippen molar-refractivity contribution < 1.29 is 32.5 Å². The molecule has 1 amide bonds. The molecule has 26 heavy (non-hydrogen) atoms. The maximum absolute atomic E-state index is 13.0. The van der Waals surface area contributed by atoms with E-state index >= 15 is 0 Å².